The molecule has 1 aromatic carbocycles. The van der Waals surface area contributed by atoms with Gasteiger partial charge in [0.1, 0.15) is 5.75 Å². The first-order valence-corrected chi connectivity index (χ1v) is 7.97. The van der Waals surface area contributed by atoms with E-state index in [2.05, 4.69) is 61.5 Å². The molecule has 0 bridgehead atoms. The van der Waals surface area contributed by atoms with E-state index in [1.54, 1.807) is 11.3 Å². The van der Waals surface area contributed by atoms with Crippen molar-refractivity contribution < 1.29 is 4.74 Å². The number of ether oxygens (including phenoxy) is 1. The normalized spacial score (nSPS) is 15.4. The summed E-state index contributed by atoms with van der Waals surface area (Å²) in [6.07, 6.45) is 1.02. The molecule has 0 saturated carbocycles. The summed E-state index contributed by atoms with van der Waals surface area (Å²) in [7, 11) is 0. The highest BCUT2D eigenvalue weighted by molar-refractivity contribution is 9.11. The number of halogens is 2. The van der Waals surface area contributed by atoms with E-state index in [9.17, 15) is 0 Å². The van der Waals surface area contributed by atoms with Crippen LogP contribution in [0.4, 0.5) is 0 Å². The van der Waals surface area contributed by atoms with Gasteiger partial charge in [-0.05, 0) is 44.6 Å². The van der Waals surface area contributed by atoms with Crippen LogP contribution in [0, 0.1) is 0 Å². The van der Waals surface area contributed by atoms with Gasteiger partial charge in [-0.15, -0.1) is 11.3 Å². The Balaban J connectivity index is 1.97. The van der Waals surface area contributed by atoms with Crippen molar-refractivity contribution in [2.45, 2.75) is 11.2 Å². The summed E-state index contributed by atoms with van der Waals surface area (Å²) >= 11 is 9.12. The van der Waals surface area contributed by atoms with Gasteiger partial charge < -0.3 is 4.74 Å². The topological polar surface area (TPSA) is 9.23 Å². The Labute approximate surface area is 121 Å². The fourth-order valence-corrected chi connectivity index (χ4v) is 4.77. The van der Waals surface area contributed by atoms with Crippen LogP contribution in [0.3, 0.4) is 0 Å². The fourth-order valence-electron chi connectivity index (χ4n) is 2.00. The lowest BCUT2D eigenvalue weighted by Crippen LogP contribution is -1.91. The van der Waals surface area contributed by atoms with Gasteiger partial charge >= 0.3 is 0 Å². The minimum absolute atomic E-state index is 0.253. The van der Waals surface area contributed by atoms with E-state index in [-0.39, 0.29) is 4.83 Å². The number of hydrogen-bond acceptors (Lipinski definition) is 2. The summed E-state index contributed by atoms with van der Waals surface area (Å²) in [4.78, 5) is 1.56. The van der Waals surface area contributed by atoms with Crippen molar-refractivity contribution in [1.82, 2.24) is 0 Å². The zero-order chi connectivity index (χ0) is 11.8. The van der Waals surface area contributed by atoms with Crippen LogP contribution < -0.4 is 4.74 Å². The van der Waals surface area contributed by atoms with Crippen LogP contribution in [-0.2, 0) is 6.42 Å². The maximum absolute atomic E-state index is 5.53. The molecule has 1 aliphatic heterocycles. The Kier molecular flexibility index (Phi) is 3.28. The van der Waals surface area contributed by atoms with E-state index >= 15 is 0 Å². The molecule has 3 rings (SSSR count). The second-order valence-corrected chi connectivity index (χ2v) is 6.68. The molecule has 2 aromatic rings. The van der Waals surface area contributed by atoms with Gasteiger partial charge in [-0.25, -0.2) is 0 Å². The van der Waals surface area contributed by atoms with Gasteiger partial charge in [-0.1, -0.05) is 28.1 Å². The minimum Gasteiger partial charge on any atom is -0.493 e. The summed E-state index contributed by atoms with van der Waals surface area (Å²) in [5, 5.41) is 2.10. The first-order valence-electron chi connectivity index (χ1n) is 5.38. The maximum atomic E-state index is 5.53. The lowest BCUT2D eigenvalue weighted by Gasteiger charge is -2.10. The lowest BCUT2D eigenvalue weighted by molar-refractivity contribution is 0.357. The van der Waals surface area contributed by atoms with E-state index in [0.29, 0.717) is 0 Å². The standard InChI is InChI=1S/C13H10Br2OS/c14-10-4-6-17-13(10)12(15)9-1-2-11-8(7-9)3-5-16-11/h1-2,4,6-7,12H,3,5H2. The van der Waals surface area contributed by atoms with Crippen LogP contribution in [0.15, 0.2) is 34.1 Å². The minimum atomic E-state index is 0.253. The molecule has 0 fully saturated rings. The van der Waals surface area contributed by atoms with Crippen LogP contribution in [0.1, 0.15) is 20.8 Å². The molecular formula is C13H10Br2OS. The molecule has 0 amide bonds. The monoisotopic (exact) mass is 372 g/mol. The SMILES string of the molecule is Brc1ccsc1C(Br)c1ccc2c(c1)CCO2. The van der Waals surface area contributed by atoms with Crippen molar-refractivity contribution >= 4 is 43.2 Å². The summed E-state index contributed by atoms with van der Waals surface area (Å²) in [5.41, 5.74) is 2.61. The van der Waals surface area contributed by atoms with Crippen molar-refractivity contribution in [1.29, 1.82) is 0 Å². The number of benzene rings is 1. The number of alkyl halides is 1. The van der Waals surface area contributed by atoms with Crippen LogP contribution in [0.25, 0.3) is 0 Å². The molecule has 1 nitrogen and oxygen atoms in total. The smallest absolute Gasteiger partial charge is 0.122 e. The third-order valence-electron chi connectivity index (χ3n) is 2.88. The van der Waals surface area contributed by atoms with E-state index < -0.39 is 0 Å². The molecule has 0 aliphatic carbocycles. The molecule has 1 unspecified atom stereocenters. The van der Waals surface area contributed by atoms with E-state index in [4.69, 9.17) is 4.74 Å². The molecule has 1 atom stereocenters. The highest BCUT2D eigenvalue weighted by Crippen LogP contribution is 2.40. The van der Waals surface area contributed by atoms with Crippen molar-refractivity contribution in [3.63, 3.8) is 0 Å². The first kappa shape index (κ1) is 11.8. The van der Waals surface area contributed by atoms with Gasteiger partial charge in [-0.2, -0.15) is 0 Å². The fraction of sp³-hybridized carbons (Fsp3) is 0.231. The highest BCUT2D eigenvalue weighted by atomic mass is 79.9. The molecule has 0 N–H and O–H groups in total. The van der Waals surface area contributed by atoms with Gasteiger partial charge in [0.25, 0.3) is 0 Å². The number of rotatable bonds is 2. The molecule has 0 saturated heterocycles. The molecule has 88 valence electrons. The van der Waals surface area contributed by atoms with Gasteiger partial charge in [0.05, 0.1) is 11.4 Å². The largest absolute Gasteiger partial charge is 0.493 e. The summed E-state index contributed by atoms with van der Waals surface area (Å²) < 4.78 is 6.69. The molecule has 4 heteroatoms. The van der Waals surface area contributed by atoms with E-state index in [1.807, 2.05) is 0 Å². The van der Waals surface area contributed by atoms with Gasteiger partial charge in [0, 0.05) is 15.8 Å². The Morgan fingerprint density at radius 2 is 2.18 bits per heavy atom. The zero-order valence-corrected chi connectivity index (χ0v) is 12.9. The van der Waals surface area contributed by atoms with Crippen LogP contribution in [-0.4, -0.2) is 6.61 Å². The van der Waals surface area contributed by atoms with Gasteiger partial charge in [-0.3, -0.25) is 0 Å². The second kappa shape index (κ2) is 4.75. The average molecular weight is 374 g/mol. The van der Waals surface area contributed by atoms with E-state index in [0.717, 1.165) is 18.8 Å². The Morgan fingerprint density at radius 3 is 2.94 bits per heavy atom. The molecule has 1 aromatic heterocycles. The Bertz CT molecular complexity index is 550. The second-order valence-electron chi connectivity index (χ2n) is 3.96. The highest BCUT2D eigenvalue weighted by Gasteiger charge is 2.18. The van der Waals surface area contributed by atoms with Crippen LogP contribution >= 0.6 is 43.2 Å². The quantitative estimate of drug-likeness (QED) is 0.678. The molecular weight excluding hydrogens is 364 g/mol. The van der Waals surface area contributed by atoms with Crippen LogP contribution in [0.2, 0.25) is 0 Å². The van der Waals surface area contributed by atoms with Crippen molar-refractivity contribution in [3.05, 3.63) is 50.1 Å². The molecule has 0 radical (unpaired) electrons. The maximum Gasteiger partial charge on any atom is 0.122 e. The Hall–Kier alpha value is -0.320. The van der Waals surface area contributed by atoms with Crippen LogP contribution in [0.5, 0.6) is 5.75 Å². The average Bonchev–Trinajstić information content (AvgIpc) is 2.95. The number of hydrogen-bond donors (Lipinski definition) is 0. The molecule has 0 spiro atoms. The number of thiophene rings is 1. The van der Waals surface area contributed by atoms with Gasteiger partial charge in [0.15, 0.2) is 0 Å². The third-order valence-corrected chi connectivity index (χ3v) is 6.11. The lowest BCUT2D eigenvalue weighted by atomic mass is 10.1. The summed E-state index contributed by atoms with van der Waals surface area (Å²) in [6.45, 7) is 0.814. The Morgan fingerprint density at radius 1 is 1.29 bits per heavy atom. The predicted molar refractivity (Wildman–Crippen MR) is 78.4 cm³/mol. The number of fused-ring (bicyclic) bond motifs is 1. The molecule has 1 aliphatic rings. The van der Waals surface area contributed by atoms with Crippen molar-refractivity contribution in [2.24, 2.45) is 0 Å². The summed E-state index contributed by atoms with van der Waals surface area (Å²) in [5.74, 6) is 1.04. The van der Waals surface area contributed by atoms with Crippen molar-refractivity contribution in [2.75, 3.05) is 6.61 Å². The molecule has 2 heterocycles. The van der Waals surface area contributed by atoms with E-state index in [1.165, 1.54) is 20.5 Å². The van der Waals surface area contributed by atoms with Gasteiger partial charge in [0.2, 0.25) is 0 Å². The molecule has 17 heavy (non-hydrogen) atoms. The summed E-state index contributed by atoms with van der Waals surface area (Å²) in [6, 6.07) is 8.54. The predicted octanol–water partition coefficient (Wildman–Crippen LogP) is 4.93. The van der Waals surface area contributed by atoms with Crippen molar-refractivity contribution in [3.8, 4) is 5.75 Å². The third kappa shape index (κ3) is 2.18. The zero-order valence-electron chi connectivity index (χ0n) is 8.95. The first-order chi connectivity index (χ1) is 8.25.